The minimum atomic E-state index is -0.278. The van der Waals surface area contributed by atoms with Gasteiger partial charge in [0.15, 0.2) is 0 Å². The summed E-state index contributed by atoms with van der Waals surface area (Å²) in [6.45, 7) is 3.60. The van der Waals surface area contributed by atoms with E-state index in [4.69, 9.17) is 16.9 Å². The monoisotopic (exact) mass is 236 g/mol. The Morgan fingerprint density at radius 3 is 2.94 bits per heavy atom. The molecule has 0 bridgehead atoms. The van der Waals surface area contributed by atoms with Crippen LogP contribution in [0.15, 0.2) is 18.2 Å². The van der Waals surface area contributed by atoms with Crippen LogP contribution >= 0.6 is 11.6 Å². The first-order chi connectivity index (χ1) is 7.52. The number of nitrogens with zero attached hydrogens (tertiary/aromatic N) is 1. The summed E-state index contributed by atoms with van der Waals surface area (Å²) in [6.07, 6.45) is 0.197. The summed E-state index contributed by atoms with van der Waals surface area (Å²) < 4.78 is 0. The highest BCUT2D eigenvalue weighted by Gasteiger charge is 2.09. The third-order valence-electron chi connectivity index (χ3n) is 2.19. The summed E-state index contributed by atoms with van der Waals surface area (Å²) in [7, 11) is 0. The van der Waals surface area contributed by atoms with Crippen LogP contribution in [0, 0.1) is 24.2 Å². The molecule has 0 radical (unpaired) electrons. The molecule has 0 aliphatic rings. The number of anilines is 1. The molecule has 1 aromatic rings. The highest BCUT2D eigenvalue weighted by atomic mass is 35.5. The van der Waals surface area contributed by atoms with Crippen LogP contribution in [0.25, 0.3) is 0 Å². The maximum atomic E-state index is 11.5. The summed E-state index contributed by atoms with van der Waals surface area (Å²) in [5, 5.41) is 11.9. The lowest BCUT2D eigenvalue weighted by Crippen LogP contribution is -2.15. The molecular formula is C12H13ClN2O. The van der Waals surface area contributed by atoms with E-state index in [9.17, 15) is 4.79 Å². The fourth-order valence-electron chi connectivity index (χ4n) is 1.25. The fraction of sp³-hybridized carbons (Fsp3) is 0.333. The minimum Gasteiger partial charge on any atom is -0.326 e. The average Bonchev–Trinajstić information content (AvgIpc) is 2.23. The molecule has 0 aliphatic carbocycles. The van der Waals surface area contributed by atoms with E-state index in [1.165, 1.54) is 0 Å². The molecule has 1 aromatic carbocycles. The van der Waals surface area contributed by atoms with Gasteiger partial charge in [0, 0.05) is 17.1 Å². The van der Waals surface area contributed by atoms with Gasteiger partial charge in [-0.25, -0.2) is 0 Å². The second kappa shape index (κ2) is 5.53. The molecule has 1 unspecified atom stereocenters. The van der Waals surface area contributed by atoms with E-state index < -0.39 is 0 Å². The Labute approximate surface area is 100 Å². The first-order valence-corrected chi connectivity index (χ1v) is 5.36. The maximum absolute atomic E-state index is 11.5. The molecule has 0 fully saturated rings. The molecular weight excluding hydrogens is 224 g/mol. The topological polar surface area (TPSA) is 52.9 Å². The molecule has 0 aliphatic heterocycles. The predicted molar refractivity (Wildman–Crippen MR) is 64.2 cm³/mol. The van der Waals surface area contributed by atoms with Gasteiger partial charge in [-0.05, 0) is 31.5 Å². The quantitative estimate of drug-likeness (QED) is 0.877. The zero-order valence-electron chi connectivity index (χ0n) is 9.25. The third kappa shape index (κ3) is 3.56. The fourth-order valence-corrected chi connectivity index (χ4v) is 1.43. The van der Waals surface area contributed by atoms with Crippen LogP contribution in [0.5, 0.6) is 0 Å². The standard InChI is InChI=1S/C12H13ClN2O/c1-8(7-14)5-12(16)15-11-6-10(13)4-3-9(11)2/h3-4,6,8H,5H2,1-2H3,(H,15,16). The van der Waals surface area contributed by atoms with Gasteiger partial charge >= 0.3 is 0 Å². The first kappa shape index (κ1) is 12.5. The molecule has 1 atom stereocenters. The first-order valence-electron chi connectivity index (χ1n) is 4.98. The van der Waals surface area contributed by atoms with Crippen molar-refractivity contribution in [2.24, 2.45) is 5.92 Å². The molecule has 0 spiro atoms. The number of halogens is 1. The second-order valence-electron chi connectivity index (χ2n) is 3.74. The van der Waals surface area contributed by atoms with Crippen molar-refractivity contribution >= 4 is 23.2 Å². The number of aryl methyl sites for hydroxylation is 1. The SMILES string of the molecule is Cc1ccc(Cl)cc1NC(=O)CC(C)C#N. The van der Waals surface area contributed by atoms with Crippen LogP contribution in [-0.2, 0) is 4.79 Å². The molecule has 0 saturated heterocycles. The number of nitrogens with one attached hydrogen (secondary N) is 1. The van der Waals surface area contributed by atoms with Crippen LogP contribution in [0.1, 0.15) is 18.9 Å². The van der Waals surface area contributed by atoms with Crippen molar-refractivity contribution in [3.05, 3.63) is 28.8 Å². The van der Waals surface area contributed by atoms with E-state index in [1.54, 1.807) is 19.1 Å². The van der Waals surface area contributed by atoms with Gasteiger partial charge in [-0.1, -0.05) is 17.7 Å². The lowest BCUT2D eigenvalue weighted by Gasteiger charge is -2.09. The van der Waals surface area contributed by atoms with E-state index in [1.807, 2.05) is 19.1 Å². The summed E-state index contributed by atoms with van der Waals surface area (Å²) >= 11 is 5.83. The van der Waals surface area contributed by atoms with Crippen molar-refractivity contribution in [3.63, 3.8) is 0 Å². The van der Waals surface area contributed by atoms with Crippen molar-refractivity contribution in [3.8, 4) is 6.07 Å². The predicted octanol–water partition coefficient (Wildman–Crippen LogP) is 3.14. The van der Waals surface area contributed by atoms with Crippen molar-refractivity contribution < 1.29 is 4.79 Å². The van der Waals surface area contributed by atoms with Gasteiger partial charge in [-0.15, -0.1) is 0 Å². The smallest absolute Gasteiger partial charge is 0.225 e. The number of hydrogen-bond acceptors (Lipinski definition) is 2. The van der Waals surface area contributed by atoms with Gasteiger partial charge in [0.2, 0.25) is 5.91 Å². The zero-order valence-corrected chi connectivity index (χ0v) is 10.0. The molecule has 1 rings (SSSR count). The molecule has 1 amide bonds. The van der Waals surface area contributed by atoms with Crippen molar-refractivity contribution in [1.29, 1.82) is 5.26 Å². The Hall–Kier alpha value is -1.53. The molecule has 3 nitrogen and oxygen atoms in total. The minimum absolute atomic E-state index is 0.167. The number of benzene rings is 1. The van der Waals surface area contributed by atoms with Crippen LogP contribution in [0.2, 0.25) is 5.02 Å². The largest absolute Gasteiger partial charge is 0.326 e. The summed E-state index contributed by atoms with van der Waals surface area (Å²) in [6, 6.07) is 7.33. The van der Waals surface area contributed by atoms with Gasteiger partial charge in [-0.3, -0.25) is 4.79 Å². The molecule has 0 heterocycles. The van der Waals surface area contributed by atoms with Crippen LogP contribution in [0.4, 0.5) is 5.69 Å². The summed E-state index contributed by atoms with van der Waals surface area (Å²) in [5.41, 5.74) is 1.64. The lowest BCUT2D eigenvalue weighted by molar-refractivity contribution is -0.116. The van der Waals surface area contributed by atoms with Crippen molar-refractivity contribution in [2.45, 2.75) is 20.3 Å². The number of carbonyl (C=O) groups is 1. The highest BCUT2D eigenvalue weighted by Crippen LogP contribution is 2.20. The van der Waals surface area contributed by atoms with Crippen LogP contribution in [-0.4, -0.2) is 5.91 Å². The van der Waals surface area contributed by atoms with E-state index in [2.05, 4.69) is 5.32 Å². The molecule has 0 saturated carbocycles. The van der Waals surface area contributed by atoms with Gasteiger partial charge in [0.25, 0.3) is 0 Å². The zero-order chi connectivity index (χ0) is 12.1. The number of nitriles is 1. The van der Waals surface area contributed by atoms with Crippen LogP contribution in [0.3, 0.4) is 0 Å². The Morgan fingerprint density at radius 2 is 2.31 bits per heavy atom. The Morgan fingerprint density at radius 1 is 1.62 bits per heavy atom. The Kier molecular flexibility index (Phi) is 4.33. The summed E-state index contributed by atoms with van der Waals surface area (Å²) in [5.74, 6) is -0.445. The number of amides is 1. The third-order valence-corrected chi connectivity index (χ3v) is 2.42. The Balaban J connectivity index is 2.70. The van der Waals surface area contributed by atoms with E-state index in [0.29, 0.717) is 10.7 Å². The highest BCUT2D eigenvalue weighted by molar-refractivity contribution is 6.31. The maximum Gasteiger partial charge on any atom is 0.225 e. The normalized spacial score (nSPS) is 11.6. The van der Waals surface area contributed by atoms with E-state index in [-0.39, 0.29) is 18.2 Å². The van der Waals surface area contributed by atoms with Gasteiger partial charge in [0.05, 0.1) is 12.0 Å². The van der Waals surface area contributed by atoms with Gasteiger partial charge in [-0.2, -0.15) is 5.26 Å². The average molecular weight is 237 g/mol. The molecule has 0 aromatic heterocycles. The molecule has 84 valence electrons. The van der Waals surface area contributed by atoms with Gasteiger partial charge in [0.1, 0.15) is 0 Å². The number of hydrogen-bond donors (Lipinski definition) is 1. The van der Waals surface area contributed by atoms with Crippen LogP contribution < -0.4 is 5.32 Å². The van der Waals surface area contributed by atoms with E-state index >= 15 is 0 Å². The van der Waals surface area contributed by atoms with Crippen molar-refractivity contribution in [2.75, 3.05) is 5.32 Å². The number of carbonyl (C=O) groups excluding carboxylic acids is 1. The molecule has 16 heavy (non-hydrogen) atoms. The lowest BCUT2D eigenvalue weighted by atomic mass is 10.1. The summed E-state index contributed by atoms with van der Waals surface area (Å²) in [4.78, 5) is 11.5. The van der Waals surface area contributed by atoms with Crippen molar-refractivity contribution in [1.82, 2.24) is 0 Å². The second-order valence-corrected chi connectivity index (χ2v) is 4.18. The number of rotatable bonds is 3. The van der Waals surface area contributed by atoms with E-state index in [0.717, 1.165) is 5.56 Å². The molecule has 1 N–H and O–H groups in total. The molecule has 4 heteroatoms. The Bertz CT molecular complexity index is 437. The van der Waals surface area contributed by atoms with Gasteiger partial charge < -0.3 is 5.32 Å².